The third-order valence-electron chi connectivity index (χ3n) is 3.14. The molecular formula is C14H14F2N2S. The number of nitrogens with one attached hydrogen (secondary N) is 1. The molecule has 2 nitrogen and oxygen atoms in total. The second-order valence-electron chi connectivity index (χ2n) is 4.87. The van der Waals surface area contributed by atoms with Gasteiger partial charge < -0.3 is 5.32 Å². The summed E-state index contributed by atoms with van der Waals surface area (Å²) in [5, 5.41) is 6.31. The van der Waals surface area contributed by atoms with Gasteiger partial charge in [0.2, 0.25) is 0 Å². The van der Waals surface area contributed by atoms with E-state index in [0.29, 0.717) is 6.04 Å². The Morgan fingerprint density at radius 2 is 2.11 bits per heavy atom. The molecule has 3 rings (SSSR count). The van der Waals surface area contributed by atoms with Gasteiger partial charge in [-0.3, -0.25) is 0 Å². The second kappa shape index (κ2) is 4.98. The predicted molar refractivity (Wildman–Crippen MR) is 71.2 cm³/mol. The van der Waals surface area contributed by atoms with Gasteiger partial charge in [0.05, 0.1) is 6.04 Å². The molecule has 0 amide bonds. The van der Waals surface area contributed by atoms with Crippen LogP contribution < -0.4 is 5.32 Å². The largest absolute Gasteiger partial charge is 0.301 e. The van der Waals surface area contributed by atoms with E-state index in [0.717, 1.165) is 29.1 Å². The second-order valence-corrected chi connectivity index (χ2v) is 5.76. The summed E-state index contributed by atoms with van der Waals surface area (Å²) in [5.41, 5.74) is 1.67. The molecule has 0 spiro atoms. The quantitative estimate of drug-likeness (QED) is 0.926. The van der Waals surface area contributed by atoms with Crippen LogP contribution in [0.25, 0.3) is 0 Å². The molecule has 1 unspecified atom stereocenters. The lowest BCUT2D eigenvalue weighted by molar-refractivity contribution is 0.502. The van der Waals surface area contributed by atoms with Crippen molar-refractivity contribution in [1.29, 1.82) is 0 Å². The van der Waals surface area contributed by atoms with Gasteiger partial charge in [0.15, 0.2) is 11.6 Å². The molecule has 1 aromatic carbocycles. The highest BCUT2D eigenvalue weighted by atomic mass is 32.1. The standard InChI is InChI=1S/C14H14F2N2S/c1-8-7-19-14(17-8)13(18-10-3-4-10)9-2-5-11(15)12(16)6-9/h2,5-7,10,13,18H,3-4H2,1H3. The van der Waals surface area contributed by atoms with Gasteiger partial charge >= 0.3 is 0 Å². The lowest BCUT2D eigenvalue weighted by Gasteiger charge is -2.17. The van der Waals surface area contributed by atoms with E-state index < -0.39 is 11.6 Å². The Balaban J connectivity index is 1.95. The average molecular weight is 280 g/mol. The van der Waals surface area contributed by atoms with Gasteiger partial charge in [0.25, 0.3) is 0 Å². The molecule has 1 fully saturated rings. The normalized spacial score (nSPS) is 16.6. The number of hydrogen-bond donors (Lipinski definition) is 1. The number of aromatic nitrogens is 1. The third-order valence-corrected chi connectivity index (χ3v) is 4.17. The van der Waals surface area contributed by atoms with Crippen LogP contribution in [0.1, 0.15) is 35.1 Å². The van der Waals surface area contributed by atoms with Gasteiger partial charge in [-0.25, -0.2) is 13.8 Å². The third kappa shape index (κ3) is 2.82. The molecule has 19 heavy (non-hydrogen) atoms. The van der Waals surface area contributed by atoms with Crippen LogP contribution in [-0.2, 0) is 0 Å². The van der Waals surface area contributed by atoms with Gasteiger partial charge in [-0.2, -0.15) is 0 Å². The van der Waals surface area contributed by atoms with Gasteiger partial charge in [-0.15, -0.1) is 11.3 Å². The first-order valence-corrected chi connectivity index (χ1v) is 7.14. The molecule has 1 heterocycles. The Morgan fingerprint density at radius 1 is 1.32 bits per heavy atom. The van der Waals surface area contributed by atoms with Crippen molar-refractivity contribution in [3.63, 3.8) is 0 Å². The van der Waals surface area contributed by atoms with E-state index in [1.807, 2.05) is 12.3 Å². The Labute approximate surface area is 114 Å². The number of benzene rings is 1. The summed E-state index contributed by atoms with van der Waals surface area (Å²) in [6.45, 7) is 1.93. The minimum atomic E-state index is -0.816. The summed E-state index contributed by atoms with van der Waals surface area (Å²) >= 11 is 1.54. The Kier molecular flexibility index (Phi) is 3.33. The van der Waals surface area contributed by atoms with Crippen molar-refractivity contribution < 1.29 is 8.78 Å². The zero-order valence-corrected chi connectivity index (χ0v) is 11.3. The predicted octanol–water partition coefficient (Wildman–Crippen LogP) is 3.57. The zero-order chi connectivity index (χ0) is 13.4. The van der Waals surface area contributed by atoms with E-state index in [9.17, 15) is 8.78 Å². The number of aryl methyl sites for hydroxylation is 1. The molecule has 1 N–H and O–H groups in total. The van der Waals surface area contributed by atoms with Gasteiger partial charge in [-0.1, -0.05) is 6.07 Å². The molecular weight excluding hydrogens is 266 g/mol. The summed E-state index contributed by atoms with van der Waals surface area (Å²) in [6, 6.07) is 4.36. The molecule has 100 valence electrons. The van der Waals surface area contributed by atoms with E-state index in [4.69, 9.17) is 0 Å². The van der Waals surface area contributed by atoms with Crippen LogP contribution in [0.3, 0.4) is 0 Å². The molecule has 0 saturated heterocycles. The van der Waals surface area contributed by atoms with E-state index in [1.165, 1.54) is 12.1 Å². The maximum Gasteiger partial charge on any atom is 0.159 e. The van der Waals surface area contributed by atoms with Gasteiger partial charge in [-0.05, 0) is 37.5 Å². The van der Waals surface area contributed by atoms with Crippen molar-refractivity contribution in [2.24, 2.45) is 0 Å². The highest BCUT2D eigenvalue weighted by molar-refractivity contribution is 7.09. The lowest BCUT2D eigenvalue weighted by atomic mass is 10.1. The lowest BCUT2D eigenvalue weighted by Crippen LogP contribution is -2.24. The van der Waals surface area contributed by atoms with Crippen molar-refractivity contribution in [1.82, 2.24) is 10.3 Å². The summed E-state index contributed by atoms with van der Waals surface area (Å²) in [4.78, 5) is 4.46. The van der Waals surface area contributed by atoms with Crippen molar-refractivity contribution in [2.75, 3.05) is 0 Å². The molecule has 1 aliphatic rings. The number of thiazole rings is 1. The molecule has 0 bridgehead atoms. The smallest absolute Gasteiger partial charge is 0.159 e. The number of halogens is 2. The highest BCUT2D eigenvalue weighted by Crippen LogP contribution is 2.31. The number of rotatable bonds is 4. The molecule has 5 heteroatoms. The Hall–Kier alpha value is -1.33. The molecule has 0 radical (unpaired) electrons. The molecule has 0 aliphatic heterocycles. The van der Waals surface area contributed by atoms with E-state index in [1.54, 1.807) is 17.4 Å². The van der Waals surface area contributed by atoms with Crippen LogP contribution in [0.5, 0.6) is 0 Å². The highest BCUT2D eigenvalue weighted by Gasteiger charge is 2.28. The molecule has 1 aromatic heterocycles. The summed E-state index contributed by atoms with van der Waals surface area (Å²) in [6.07, 6.45) is 2.26. The Morgan fingerprint density at radius 3 is 2.68 bits per heavy atom. The Bertz CT molecular complexity index is 593. The number of nitrogens with zero attached hydrogens (tertiary/aromatic N) is 1. The minimum absolute atomic E-state index is 0.152. The first-order chi connectivity index (χ1) is 9.13. The van der Waals surface area contributed by atoms with Crippen molar-refractivity contribution in [3.05, 3.63) is 51.5 Å². The van der Waals surface area contributed by atoms with Crippen LogP contribution in [0.4, 0.5) is 8.78 Å². The SMILES string of the molecule is Cc1csc(C(NC2CC2)c2ccc(F)c(F)c2)n1. The van der Waals surface area contributed by atoms with Crippen molar-refractivity contribution in [3.8, 4) is 0 Å². The maximum atomic E-state index is 13.4. The summed E-state index contributed by atoms with van der Waals surface area (Å²) in [7, 11) is 0. The molecule has 1 atom stereocenters. The van der Waals surface area contributed by atoms with Gasteiger partial charge in [0.1, 0.15) is 5.01 Å². The number of hydrogen-bond acceptors (Lipinski definition) is 3. The van der Waals surface area contributed by atoms with Crippen LogP contribution in [0, 0.1) is 18.6 Å². The fourth-order valence-electron chi connectivity index (χ4n) is 1.99. The van der Waals surface area contributed by atoms with E-state index in [2.05, 4.69) is 10.3 Å². The molecule has 1 saturated carbocycles. The first-order valence-electron chi connectivity index (χ1n) is 6.26. The molecule has 2 aromatic rings. The fraction of sp³-hybridized carbons (Fsp3) is 0.357. The summed E-state index contributed by atoms with van der Waals surface area (Å²) < 4.78 is 26.4. The fourth-order valence-corrected chi connectivity index (χ4v) is 2.87. The minimum Gasteiger partial charge on any atom is -0.301 e. The maximum absolute atomic E-state index is 13.4. The zero-order valence-electron chi connectivity index (χ0n) is 10.5. The summed E-state index contributed by atoms with van der Waals surface area (Å²) in [5.74, 6) is -1.63. The van der Waals surface area contributed by atoms with Crippen LogP contribution in [-0.4, -0.2) is 11.0 Å². The van der Waals surface area contributed by atoms with E-state index >= 15 is 0 Å². The van der Waals surface area contributed by atoms with Crippen LogP contribution in [0.15, 0.2) is 23.6 Å². The topological polar surface area (TPSA) is 24.9 Å². The van der Waals surface area contributed by atoms with Crippen molar-refractivity contribution >= 4 is 11.3 Å². The van der Waals surface area contributed by atoms with Crippen LogP contribution in [0.2, 0.25) is 0 Å². The molecule has 1 aliphatic carbocycles. The van der Waals surface area contributed by atoms with Gasteiger partial charge in [0, 0.05) is 17.1 Å². The monoisotopic (exact) mass is 280 g/mol. The average Bonchev–Trinajstić information content (AvgIpc) is 3.11. The van der Waals surface area contributed by atoms with Crippen molar-refractivity contribution in [2.45, 2.75) is 31.8 Å². The van der Waals surface area contributed by atoms with E-state index in [-0.39, 0.29) is 6.04 Å². The first kappa shape index (κ1) is 12.7. The van der Waals surface area contributed by atoms with Crippen LogP contribution >= 0.6 is 11.3 Å².